The Balaban J connectivity index is 1.23. The molecule has 2 N–H and O–H groups in total. The molecule has 39 heavy (non-hydrogen) atoms. The zero-order valence-electron chi connectivity index (χ0n) is 23.2. The molecule has 2 heterocycles. The summed E-state index contributed by atoms with van der Waals surface area (Å²) >= 11 is 0. The van der Waals surface area contributed by atoms with Crippen LogP contribution in [0.2, 0.25) is 0 Å². The number of nitriles is 1. The summed E-state index contributed by atoms with van der Waals surface area (Å²) in [7, 11) is 1.86. The van der Waals surface area contributed by atoms with Crippen molar-refractivity contribution in [2.75, 3.05) is 52.9 Å². The van der Waals surface area contributed by atoms with Crippen LogP contribution in [0.25, 0.3) is 0 Å². The number of benzene rings is 2. The van der Waals surface area contributed by atoms with Gasteiger partial charge in [-0.2, -0.15) is 5.26 Å². The first-order valence-electron chi connectivity index (χ1n) is 14.7. The second-order valence-corrected chi connectivity index (χ2v) is 11.8. The van der Waals surface area contributed by atoms with E-state index in [4.69, 9.17) is 5.73 Å². The van der Waals surface area contributed by atoms with Gasteiger partial charge in [0.25, 0.3) is 5.91 Å². The maximum atomic E-state index is 13.7. The Labute approximate surface area is 232 Å². The van der Waals surface area contributed by atoms with Gasteiger partial charge in [0.2, 0.25) is 0 Å². The number of carbonyl (C=O) groups is 1. The highest BCUT2D eigenvalue weighted by molar-refractivity contribution is 5.96. The van der Waals surface area contributed by atoms with Crippen molar-refractivity contribution in [3.63, 3.8) is 0 Å². The number of nitrogens with zero attached hydrogens (tertiary/aromatic N) is 4. The minimum atomic E-state index is -0.245. The third-order valence-electron chi connectivity index (χ3n) is 9.24. The van der Waals surface area contributed by atoms with E-state index in [1.807, 2.05) is 25.2 Å². The first-order valence-corrected chi connectivity index (χ1v) is 14.7. The molecule has 1 atom stereocenters. The third-order valence-corrected chi connectivity index (χ3v) is 9.24. The number of nitrogens with two attached hydrogens (primary N) is 1. The SMILES string of the molecule is CN(C[C@@H](CCN1CC(N2CCC(CN)CC2)C1)c1ccc(F)cc1)C(=O)c1cc(C#N)cc2c1CCCC2. The van der Waals surface area contributed by atoms with Crippen molar-refractivity contribution in [3.05, 3.63) is 70.0 Å². The van der Waals surface area contributed by atoms with Crippen LogP contribution in [-0.2, 0) is 12.8 Å². The summed E-state index contributed by atoms with van der Waals surface area (Å²) in [6.07, 6.45) is 7.30. The van der Waals surface area contributed by atoms with Gasteiger partial charge in [-0.05, 0) is 118 Å². The fraction of sp³-hybridized carbons (Fsp3) is 0.562. The highest BCUT2D eigenvalue weighted by atomic mass is 19.1. The van der Waals surface area contributed by atoms with Gasteiger partial charge >= 0.3 is 0 Å². The molecule has 0 aromatic heterocycles. The molecule has 1 amide bonds. The topological polar surface area (TPSA) is 76.6 Å². The van der Waals surface area contributed by atoms with Gasteiger partial charge in [0.15, 0.2) is 0 Å². The van der Waals surface area contributed by atoms with E-state index in [2.05, 4.69) is 15.9 Å². The highest BCUT2D eigenvalue weighted by Gasteiger charge is 2.34. The molecule has 7 heteroatoms. The number of hydrogen-bond donors (Lipinski definition) is 1. The summed E-state index contributed by atoms with van der Waals surface area (Å²) in [5, 5.41) is 9.56. The molecule has 5 rings (SSSR count). The average molecular weight is 532 g/mol. The number of rotatable bonds is 9. The van der Waals surface area contributed by atoms with Crippen LogP contribution in [0.5, 0.6) is 0 Å². The fourth-order valence-corrected chi connectivity index (χ4v) is 6.69. The molecular weight excluding hydrogens is 489 g/mol. The van der Waals surface area contributed by atoms with Crippen LogP contribution in [0.4, 0.5) is 4.39 Å². The monoisotopic (exact) mass is 531 g/mol. The van der Waals surface area contributed by atoms with Crippen molar-refractivity contribution in [3.8, 4) is 6.07 Å². The Bertz CT molecular complexity index is 1180. The number of aryl methyl sites for hydroxylation is 1. The summed E-state index contributed by atoms with van der Waals surface area (Å²) < 4.78 is 13.7. The van der Waals surface area contributed by atoms with Crippen LogP contribution < -0.4 is 5.73 Å². The van der Waals surface area contributed by atoms with Gasteiger partial charge in [0, 0.05) is 44.2 Å². The van der Waals surface area contributed by atoms with Crippen LogP contribution in [0.15, 0.2) is 36.4 Å². The van der Waals surface area contributed by atoms with Gasteiger partial charge < -0.3 is 15.5 Å². The van der Waals surface area contributed by atoms with E-state index < -0.39 is 0 Å². The van der Waals surface area contributed by atoms with Crippen molar-refractivity contribution < 1.29 is 9.18 Å². The summed E-state index contributed by atoms with van der Waals surface area (Å²) in [4.78, 5) is 20.6. The Hall–Kier alpha value is -2.79. The Kier molecular flexibility index (Phi) is 8.96. The zero-order valence-corrected chi connectivity index (χ0v) is 23.2. The third kappa shape index (κ3) is 6.51. The lowest BCUT2D eigenvalue weighted by Crippen LogP contribution is -2.61. The van der Waals surface area contributed by atoms with E-state index in [0.717, 1.165) is 88.1 Å². The Morgan fingerprint density at radius 3 is 2.56 bits per heavy atom. The molecule has 0 spiro atoms. The van der Waals surface area contributed by atoms with Crippen molar-refractivity contribution in [1.29, 1.82) is 5.26 Å². The number of hydrogen-bond acceptors (Lipinski definition) is 5. The van der Waals surface area contributed by atoms with Gasteiger partial charge in [-0.15, -0.1) is 0 Å². The summed E-state index contributed by atoms with van der Waals surface area (Å²) in [6.45, 7) is 6.80. The largest absolute Gasteiger partial charge is 0.341 e. The lowest BCUT2D eigenvalue weighted by molar-refractivity contribution is 0.0135. The quantitative estimate of drug-likeness (QED) is 0.526. The van der Waals surface area contributed by atoms with Crippen LogP contribution in [0.1, 0.15) is 70.6 Å². The maximum absolute atomic E-state index is 13.7. The number of likely N-dealkylation sites (tertiary alicyclic amines) is 2. The molecule has 0 saturated carbocycles. The van der Waals surface area contributed by atoms with Crippen LogP contribution in [0, 0.1) is 23.1 Å². The molecule has 2 aromatic carbocycles. The standard InChI is InChI=1S/C32H42FN5O/c1-36(32(39)31-17-24(19-35)16-26-4-2-3-5-30(26)31)20-27(25-6-8-28(33)9-7-25)12-13-37-21-29(22-37)38-14-10-23(18-34)11-15-38/h6-9,16-17,23,27,29H,2-5,10-15,18,20-22,34H2,1H3/t27-/m1/s1. The Morgan fingerprint density at radius 1 is 1.15 bits per heavy atom. The molecule has 2 saturated heterocycles. The van der Waals surface area contributed by atoms with Gasteiger partial charge in [-0.3, -0.25) is 9.69 Å². The second-order valence-electron chi connectivity index (χ2n) is 11.8. The molecule has 2 aromatic rings. The minimum absolute atomic E-state index is 0.0257. The van der Waals surface area contributed by atoms with E-state index in [9.17, 15) is 14.4 Å². The smallest absolute Gasteiger partial charge is 0.253 e. The number of halogens is 1. The molecule has 208 valence electrons. The maximum Gasteiger partial charge on any atom is 0.253 e. The van der Waals surface area contributed by atoms with E-state index in [1.165, 1.54) is 25.0 Å². The van der Waals surface area contributed by atoms with E-state index in [-0.39, 0.29) is 17.6 Å². The van der Waals surface area contributed by atoms with Crippen molar-refractivity contribution in [2.45, 2.75) is 56.9 Å². The molecule has 0 bridgehead atoms. The second kappa shape index (κ2) is 12.6. The normalized spacial score (nSPS) is 19.6. The van der Waals surface area contributed by atoms with Crippen molar-refractivity contribution in [1.82, 2.24) is 14.7 Å². The molecule has 3 aliphatic rings. The summed E-state index contributed by atoms with van der Waals surface area (Å²) in [5.41, 5.74) is 10.4. The Morgan fingerprint density at radius 2 is 1.87 bits per heavy atom. The zero-order chi connectivity index (χ0) is 27.4. The number of likely N-dealkylation sites (N-methyl/N-ethyl adjacent to an activating group) is 1. The van der Waals surface area contributed by atoms with E-state index in [0.29, 0.717) is 29.6 Å². The first kappa shape index (κ1) is 27.8. The lowest BCUT2D eigenvalue weighted by atomic mass is 9.86. The van der Waals surface area contributed by atoms with Gasteiger partial charge in [0.05, 0.1) is 11.6 Å². The van der Waals surface area contributed by atoms with Crippen LogP contribution >= 0.6 is 0 Å². The molecular formula is C32H42FN5O. The molecule has 6 nitrogen and oxygen atoms in total. The first-order chi connectivity index (χ1) is 18.9. The van der Waals surface area contributed by atoms with Crippen molar-refractivity contribution in [2.24, 2.45) is 11.7 Å². The van der Waals surface area contributed by atoms with E-state index >= 15 is 0 Å². The molecule has 1 aliphatic carbocycles. The number of amides is 1. The molecule has 0 radical (unpaired) electrons. The highest BCUT2D eigenvalue weighted by Crippen LogP contribution is 2.29. The minimum Gasteiger partial charge on any atom is -0.341 e. The van der Waals surface area contributed by atoms with Gasteiger partial charge in [-0.25, -0.2) is 4.39 Å². The van der Waals surface area contributed by atoms with Gasteiger partial charge in [-0.1, -0.05) is 12.1 Å². The number of piperidine rings is 1. The molecule has 2 aliphatic heterocycles. The predicted octanol–water partition coefficient (Wildman–Crippen LogP) is 4.18. The number of fused-ring (bicyclic) bond motifs is 1. The average Bonchev–Trinajstić information content (AvgIpc) is 2.95. The van der Waals surface area contributed by atoms with Crippen LogP contribution in [-0.4, -0.2) is 79.5 Å². The lowest BCUT2D eigenvalue weighted by Gasteiger charge is -2.48. The van der Waals surface area contributed by atoms with Gasteiger partial charge in [0.1, 0.15) is 5.82 Å². The predicted molar refractivity (Wildman–Crippen MR) is 152 cm³/mol. The molecule has 0 unspecified atom stereocenters. The number of carbonyl (C=O) groups excluding carboxylic acids is 1. The summed E-state index contributed by atoms with van der Waals surface area (Å²) in [6, 6.07) is 13.3. The van der Waals surface area contributed by atoms with E-state index in [1.54, 1.807) is 11.0 Å². The fourth-order valence-electron chi connectivity index (χ4n) is 6.69. The summed E-state index contributed by atoms with van der Waals surface area (Å²) in [5.74, 6) is 0.517. The molecule has 2 fully saturated rings. The van der Waals surface area contributed by atoms with Crippen LogP contribution in [0.3, 0.4) is 0 Å². The van der Waals surface area contributed by atoms with Crippen molar-refractivity contribution >= 4 is 5.91 Å².